The van der Waals surface area contributed by atoms with Gasteiger partial charge in [-0.15, -0.1) is 0 Å². The molecule has 1 atom stereocenters. The minimum Gasteiger partial charge on any atom is -0.389 e. The van der Waals surface area contributed by atoms with E-state index in [1.165, 1.54) is 0 Å². The Labute approximate surface area is 119 Å². The summed E-state index contributed by atoms with van der Waals surface area (Å²) in [5.74, 6) is 0.464. The van der Waals surface area contributed by atoms with Crippen molar-refractivity contribution in [1.29, 1.82) is 0 Å². The fraction of sp³-hybridized carbons (Fsp3) is 0.571. The molecule has 0 aliphatic heterocycles. The van der Waals surface area contributed by atoms with Gasteiger partial charge in [0.25, 0.3) is 0 Å². The van der Waals surface area contributed by atoms with Crippen LogP contribution in [0.5, 0.6) is 0 Å². The predicted molar refractivity (Wildman–Crippen MR) is 75.9 cm³/mol. The zero-order valence-electron chi connectivity index (χ0n) is 11.4. The summed E-state index contributed by atoms with van der Waals surface area (Å²) in [5, 5.41) is 10.4. The van der Waals surface area contributed by atoms with Gasteiger partial charge < -0.3 is 14.7 Å². The van der Waals surface area contributed by atoms with Crippen molar-refractivity contribution in [2.24, 2.45) is 5.92 Å². The number of ether oxygens (including phenoxy) is 1. The maximum absolute atomic E-state index is 9.65. The molecule has 1 unspecified atom stereocenters. The van der Waals surface area contributed by atoms with E-state index in [0.29, 0.717) is 30.7 Å². The average Bonchev–Trinajstić information content (AvgIpc) is 2.37. The zero-order chi connectivity index (χ0) is 14.1. The molecule has 5 heteroatoms. The number of rotatable bonds is 9. The quantitative estimate of drug-likeness (QED) is 0.541. The van der Waals surface area contributed by atoms with Crippen molar-refractivity contribution in [3.63, 3.8) is 0 Å². The fourth-order valence-corrected chi connectivity index (χ4v) is 1.46. The van der Waals surface area contributed by atoms with Crippen LogP contribution in [0.3, 0.4) is 0 Å². The van der Waals surface area contributed by atoms with Gasteiger partial charge in [-0.05, 0) is 23.6 Å². The van der Waals surface area contributed by atoms with Crippen LogP contribution in [0, 0.1) is 5.92 Å². The summed E-state index contributed by atoms with van der Waals surface area (Å²) in [6, 6.07) is 7.44. The third-order valence-electron chi connectivity index (χ3n) is 2.33. The molecular formula is C14H22ClNO3. The van der Waals surface area contributed by atoms with Crippen LogP contribution in [0.2, 0.25) is 5.02 Å². The van der Waals surface area contributed by atoms with Crippen molar-refractivity contribution in [3.05, 3.63) is 34.9 Å². The fourth-order valence-electron chi connectivity index (χ4n) is 1.33. The van der Waals surface area contributed by atoms with Crippen molar-refractivity contribution in [3.8, 4) is 0 Å². The van der Waals surface area contributed by atoms with E-state index < -0.39 is 6.10 Å². The summed E-state index contributed by atoms with van der Waals surface area (Å²) in [7, 11) is 0. The molecule has 1 rings (SSSR count). The maximum Gasteiger partial charge on any atom is 0.0921 e. The molecule has 0 saturated heterocycles. The lowest BCUT2D eigenvalue weighted by Gasteiger charge is -2.13. The molecule has 0 aliphatic rings. The van der Waals surface area contributed by atoms with Crippen LogP contribution in [0.25, 0.3) is 0 Å². The monoisotopic (exact) mass is 287 g/mol. The van der Waals surface area contributed by atoms with Crippen molar-refractivity contribution < 1.29 is 14.7 Å². The van der Waals surface area contributed by atoms with Crippen LogP contribution in [0.4, 0.5) is 0 Å². The molecular weight excluding hydrogens is 266 g/mol. The van der Waals surface area contributed by atoms with E-state index in [9.17, 15) is 5.11 Å². The standard InChI is InChI=1S/C14H22ClNO3/c1-11(2)8-19-16-7-14(17)10-18-9-12-3-5-13(15)6-4-12/h3-6,11,14,16-17H,7-10H2,1-2H3. The Morgan fingerprint density at radius 1 is 1.21 bits per heavy atom. The topological polar surface area (TPSA) is 50.7 Å². The highest BCUT2D eigenvalue weighted by Crippen LogP contribution is 2.10. The predicted octanol–water partition coefficient (Wildman–Crippen LogP) is 2.39. The molecule has 0 aromatic heterocycles. The first-order valence-electron chi connectivity index (χ1n) is 6.43. The molecule has 0 fully saturated rings. The Balaban J connectivity index is 2.06. The normalized spacial score (nSPS) is 12.9. The van der Waals surface area contributed by atoms with E-state index in [4.69, 9.17) is 21.2 Å². The number of halogens is 1. The lowest BCUT2D eigenvalue weighted by atomic mass is 10.2. The zero-order valence-corrected chi connectivity index (χ0v) is 12.2. The molecule has 0 radical (unpaired) electrons. The first-order valence-corrected chi connectivity index (χ1v) is 6.80. The first kappa shape index (κ1) is 16.4. The Bertz CT molecular complexity index is 343. The number of nitrogens with one attached hydrogen (secondary N) is 1. The molecule has 0 spiro atoms. The largest absolute Gasteiger partial charge is 0.389 e. The van der Waals surface area contributed by atoms with Gasteiger partial charge in [-0.25, -0.2) is 0 Å². The Morgan fingerprint density at radius 2 is 1.89 bits per heavy atom. The van der Waals surface area contributed by atoms with Gasteiger partial charge in [0.1, 0.15) is 0 Å². The Kier molecular flexibility index (Phi) is 8.02. The summed E-state index contributed by atoms with van der Waals surface area (Å²) in [6.07, 6.45) is -0.584. The van der Waals surface area contributed by atoms with Gasteiger partial charge in [0.05, 0.1) is 25.9 Å². The van der Waals surface area contributed by atoms with Gasteiger partial charge >= 0.3 is 0 Å². The number of hydrogen-bond acceptors (Lipinski definition) is 4. The number of benzene rings is 1. The maximum atomic E-state index is 9.65. The van der Waals surface area contributed by atoms with E-state index in [0.717, 1.165) is 5.56 Å². The second-order valence-electron chi connectivity index (χ2n) is 4.85. The van der Waals surface area contributed by atoms with E-state index in [1.807, 2.05) is 24.3 Å². The van der Waals surface area contributed by atoms with E-state index >= 15 is 0 Å². The van der Waals surface area contributed by atoms with E-state index in [2.05, 4.69) is 19.3 Å². The highest BCUT2D eigenvalue weighted by molar-refractivity contribution is 6.30. The molecule has 0 heterocycles. The molecule has 0 bridgehead atoms. The number of aliphatic hydroxyl groups excluding tert-OH is 1. The van der Waals surface area contributed by atoms with Crippen molar-refractivity contribution in [1.82, 2.24) is 5.48 Å². The average molecular weight is 288 g/mol. The summed E-state index contributed by atoms with van der Waals surface area (Å²) in [6.45, 7) is 5.83. The van der Waals surface area contributed by atoms with Gasteiger partial charge in [0, 0.05) is 11.6 Å². The molecule has 2 N–H and O–H groups in total. The Morgan fingerprint density at radius 3 is 2.53 bits per heavy atom. The van der Waals surface area contributed by atoms with Crippen LogP contribution in [0.15, 0.2) is 24.3 Å². The number of hydrogen-bond donors (Lipinski definition) is 2. The lowest BCUT2D eigenvalue weighted by Crippen LogP contribution is -2.31. The third kappa shape index (κ3) is 8.18. The van der Waals surface area contributed by atoms with E-state index in [1.54, 1.807) is 0 Å². The third-order valence-corrected chi connectivity index (χ3v) is 2.58. The van der Waals surface area contributed by atoms with Crippen molar-refractivity contribution >= 4 is 11.6 Å². The highest BCUT2D eigenvalue weighted by Gasteiger charge is 2.04. The lowest BCUT2D eigenvalue weighted by molar-refractivity contribution is -0.0253. The van der Waals surface area contributed by atoms with Crippen molar-refractivity contribution in [2.75, 3.05) is 19.8 Å². The van der Waals surface area contributed by atoms with Gasteiger partial charge in [-0.3, -0.25) is 0 Å². The van der Waals surface area contributed by atoms with Gasteiger partial charge in [-0.2, -0.15) is 5.48 Å². The van der Waals surface area contributed by atoms with Crippen LogP contribution in [-0.4, -0.2) is 31.0 Å². The summed E-state index contributed by atoms with van der Waals surface area (Å²) in [4.78, 5) is 5.16. The number of aliphatic hydroxyl groups is 1. The van der Waals surface area contributed by atoms with Gasteiger partial charge in [0.2, 0.25) is 0 Å². The van der Waals surface area contributed by atoms with Gasteiger partial charge in [0.15, 0.2) is 0 Å². The smallest absolute Gasteiger partial charge is 0.0921 e. The van der Waals surface area contributed by atoms with E-state index in [-0.39, 0.29) is 6.61 Å². The van der Waals surface area contributed by atoms with Crippen LogP contribution in [-0.2, 0) is 16.2 Å². The SMILES string of the molecule is CC(C)CONCC(O)COCc1ccc(Cl)cc1. The molecule has 19 heavy (non-hydrogen) atoms. The minimum atomic E-state index is -0.584. The molecule has 0 amide bonds. The molecule has 1 aromatic rings. The molecule has 4 nitrogen and oxygen atoms in total. The Hall–Kier alpha value is -0.650. The second kappa shape index (κ2) is 9.28. The van der Waals surface area contributed by atoms with Crippen LogP contribution < -0.4 is 5.48 Å². The summed E-state index contributed by atoms with van der Waals surface area (Å²) in [5.41, 5.74) is 3.75. The number of hydroxylamine groups is 1. The highest BCUT2D eigenvalue weighted by atomic mass is 35.5. The second-order valence-corrected chi connectivity index (χ2v) is 5.29. The summed E-state index contributed by atoms with van der Waals surface area (Å²) < 4.78 is 5.41. The van der Waals surface area contributed by atoms with Crippen LogP contribution in [0.1, 0.15) is 19.4 Å². The van der Waals surface area contributed by atoms with Crippen molar-refractivity contribution in [2.45, 2.75) is 26.6 Å². The molecule has 0 aliphatic carbocycles. The first-order chi connectivity index (χ1) is 9.08. The molecule has 1 aromatic carbocycles. The van der Waals surface area contributed by atoms with Gasteiger partial charge in [-0.1, -0.05) is 37.6 Å². The minimum absolute atomic E-state index is 0.265. The molecule has 0 saturated carbocycles. The summed E-state index contributed by atoms with van der Waals surface area (Å²) >= 11 is 5.79. The molecule has 108 valence electrons. The van der Waals surface area contributed by atoms with Crippen LogP contribution >= 0.6 is 11.6 Å².